The number of Topliss-reactive ketones (excluding diaryl/α,β-unsaturated/α-hetero) is 3. The highest BCUT2D eigenvalue weighted by atomic mass is 16.3. The van der Waals surface area contributed by atoms with Crippen molar-refractivity contribution < 1.29 is 22.2 Å². The van der Waals surface area contributed by atoms with Crippen LogP contribution in [0.5, 0.6) is 0 Å². The number of carbonyl (C=O) groups is 3. The zero-order valence-electron chi connectivity index (χ0n) is 23.9. The van der Waals surface area contributed by atoms with E-state index in [1.54, 1.807) is 13.0 Å². The number of aliphatic hydroxyl groups excluding tert-OH is 1. The van der Waals surface area contributed by atoms with Crippen molar-refractivity contribution in [2.45, 2.75) is 104 Å². The van der Waals surface area contributed by atoms with Crippen molar-refractivity contribution in [3.63, 3.8) is 0 Å². The van der Waals surface area contributed by atoms with Crippen molar-refractivity contribution in [2.75, 3.05) is 26.7 Å². The van der Waals surface area contributed by atoms with Crippen molar-refractivity contribution in [3.8, 4) is 0 Å². The van der Waals surface area contributed by atoms with Crippen LogP contribution in [0.1, 0.15) is 82.3 Å². The predicted octanol–water partition coefficient (Wildman–Crippen LogP) is 2.90. The molecule has 0 bridgehead atoms. The van der Waals surface area contributed by atoms with Gasteiger partial charge in [0, 0.05) is 15.6 Å². The summed E-state index contributed by atoms with van der Waals surface area (Å²) >= 11 is 0. The minimum absolute atomic E-state index is 0.0114. The lowest BCUT2D eigenvalue weighted by Crippen LogP contribution is -2.50. The molecular formula is C27H49N3O4. The van der Waals surface area contributed by atoms with Gasteiger partial charge in [-0.2, -0.15) is 0 Å². The molecule has 0 saturated carbocycles. The SMILES string of the molecule is [2H]C([2H])CC=CC[C@@H](C)C(O)[C@H]1C(=O)CCCN[C@@H](C(C)C)C(=O)CNC(C)C(=O)CCCCN1C. The molecule has 7 nitrogen and oxygen atoms in total. The molecule has 1 heterocycles. The van der Waals surface area contributed by atoms with Gasteiger partial charge in [-0.15, -0.1) is 0 Å². The predicted molar refractivity (Wildman–Crippen MR) is 138 cm³/mol. The average molecular weight is 482 g/mol. The molecule has 0 aliphatic carbocycles. The summed E-state index contributed by atoms with van der Waals surface area (Å²) in [5.74, 6) is -0.0331. The number of nitrogens with one attached hydrogen (secondary N) is 2. The van der Waals surface area contributed by atoms with Gasteiger partial charge in [-0.05, 0) is 71.0 Å². The van der Waals surface area contributed by atoms with Crippen LogP contribution in [0.3, 0.4) is 0 Å². The summed E-state index contributed by atoms with van der Waals surface area (Å²) in [4.78, 5) is 40.5. The number of ketones is 3. The van der Waals surface area contributed by atoms with Gasteiger partial charge in [0.2, 0.25) is 0 Å². The fourth-order valence-electron chi connectivity index (χ4n) is 4.44. The second kappa shape index (κ2) is 16.3. The van der Waals surface area contributed by atoms with E-state index in [0.29, 0.717) is 51.6 Å². The van der Waals surface area contributed by atoms with E-state index < -0.39 is 19.0 Å². The molecule has 5 atom stereocenters. The third kappa shape index (κ3) is 10.5. The molecule has 196 valence electrons. The van der Waals surface area contributed by atoms with Crippen LogP contribution in [0, 0.1) is 11.8 Å². The normalized spacial score (nSPS) is 28.7. The maximum Gasteiger partial charge on any atom is 0.163 e. The van der Waals surface area contributed by atoms with Gasteiger partial charge < -0.3 is 15.7 Å². The Hall–Kier alpha value is -1.41. The number of aliphatic hydroxyl groups is 1. The van der Waals surface area contributed by atoms with Crippen LogP contribution in [-0.2, 0) is 14.4 Å². The highest BCUT2D eigenvalue weighted by Gasteiger charge is 2.33. The summed E-state index contributed by atoms with van der Waals surface area (Å²) in [6, 6.07) is -1.39. The molecule has 7 heteroatoms. The fraction of sp³-hybridized carbons (Fsp3) is 0.815. The van der Waals surface area contributed by atoms with Crippen molar-refractivity contribution >= 4 is 17.3 Å². The van der Waals surface area contributed by atoms with Crippen LogP contribution >= 0.6 is 0 Å². The van der Waals surface area contributed by atoms with Gasteiger partial charge in [0.15, 0.2) is 11.6 Å². The number of hydrogen-bond acceptors (Lipinski definition) is 7. The first-order valence-electron chi connectivity index (χ1n) is 14.0. The molecule has 0 aromatic heterocycles. The van der Waals surface area contributed by atoms with E-state index in [0.717, 1.165) is 6.42 Å². The minimum Gasteiger partial charge on any atom is -0.391 e. The molecule has 0 aromatic rings. The molecule has 0 amide bonds. The lowest BCUT2D eigenvalue weighted by molar-refractivity contribution is -0.129. The van der Waals surface area contributed by atoms with E-state index in [1.165, 1.54) is 0 Å². The topological polar surface area (TPSA) is 98.7 Å². The summed E-state index contributed by atoms with van der Waals surface area (Å²) in [6.07, 6.45) is 6.37. The molecule has 0 spiro atoms. The quantitative estimate of drug-likeness (QED) is 0.502. The molecule has 3 N–H and O–H groups in total. The summed E-state index contributed by atoms with van der Waals surface area (Å²) in [5.41, 5.74) is 0. The number of carbonyl (C=O) groups excluding carboxylic acids is 3. The van der Waals surface area contributed by atoms with Crippen molar-refractivity contribution in [2.24, 2.45) is 11.8 Å². The molecule has 1 aliphatic heterocycles. The number of likely N-dealkylation sites (N-methyl/N-ethyl adjacent to an activating group) is 1. The Labute approximate surface area is 209 Å². The van der Waals surface area contributed by atoms with Crippen molar-refractivity contribution in [1.29, 1.82) is 0 Å². The van der Waals surface area contributed by atoms with Gasteiger partial charge in [0.25, 0.3) is 0 Å². The molecule has 0 radical (unpaired) electrons. The standard InChI is InChI=1S/C27H49N3O4/c1-7-8-9-13-20(4)27(34)26-23(32)15-12-16-28-25(19(2)3)24(33)18-29-21(5)22(31)14-10-11-17-30(26)6/h8-9,19-21,25-29,34H,7,10-18H2,1-6H3/t20-,21?,25+,26-,27?/m1/s1/i1D2. The van der Waals surface area contributed by atoms with E-state index in [4.69, 9.17) is 2.74 Å². The molecule has 1 rings (SSSR count). The highest BCUT2D eigenvalue weighted by Crippen LogP contribution is 2.19. The first-order chi connectivity index (χ1) is 17.0. The van der Waals surface area contributed by atoms with E-state index in [9.17, 15) is 19.5 Å². The van der Waals surface area contributed by atoms with E-state index >= 15 is 0 Å². The number of rotatable bonds is 6. The van der Waals surface area contributed by atoms with Crippen LogP contribution in [-0.4, -0.2) is 78.3 Å². The second-order valence-corrected chi connectivity index (χ2v) is 10.1. The zero-order valence-corrected chi connectivity index (χ0v) is 21.9. The molecule has 0 aromatic carbocycles. The number of hydrogen-bond donors (Lipinski definition) is 3. The number of nitrogens with zero attached hydrogens (tertiary/aromatic N) is 1. The van der Waals surface area contributed by atoms with E-state index in [2.05, 4.69) is 10.6 Å². The van der Waals surface area contributed by atoms with Crippen molar-refractivity contribution in [3.05, 3.63) is 12.2 Å². The molecule has 34 heavy (non-hydrogen) atoms. The molecule has 1 saturated heterocycles. The summed E-state index contributed by atoms with van der Waals surface area (Å²) in [6.45, 7) is 7.99. The van der Waals surface area contributed by atoms with Gasteiger partial charge in [0.1, 0.15) is 5.78 Å². The van der Waals surface area contributed by atoms with Crippen LogP contribution in [0.25, 0.3) is 0 Å². The Balaban J connectivity index is 2.96. The zero-order chi connectivity index (χ0) is 27.3. The summed E-state index contributed by atoms with van der Waals surface area (Å²) in [7, 11) is 1.85. The molecule has 2 unspecified atom stereocenters. The Morgan fingerprint density at radius 3 is 2.44 bits per heavy atom. The smallest absolute Gasteiger partial charge is 0.163 e. The molecule has 1 fully saturated rings. The number of allylic oxidation sites excluding steroid dienone is 2. The highest BCUT2D eigenvalue weighted by molar-refractivity contribution is 5.88. The van der Waals surface area contributed by atoms with Gasteiger partial charge >= 0.3 is 0 Å². The average Bonchev–Trinajstić information content (AvgIpc) is 2.81. The summed E-state index contributed by atoms with van der Waals surface area (Å²) < 4.78 is 14.6. The second-order valence-electron chi connectivity index (χ2n) is 10.1. The van der Waals surface area contributed by atoms with Gasteiger partial charge in [-0.25, -0.2) is 0 Å². The third-order valence-electron chi connectivity index (χ3n) is 6.75. The maximum atomic E-state index is 13.3. The van der Waals surface area contributed by atoms with E-state index in [-0.39, 0.29) is 47.8 Å². The van der Waals surface area contributed by atoms with Crippen LogP contribution in [0.2, 0.25) is 0 Å². The largest absolute Gasteiger partial charge is 0.391 e. The van der Waals surface area contributed by atoms with Crippen LogP contribution in [0.15, 0.2) is 12.2 Å². The summed E-state index contributed by atoms with van der Waals surface area (Å²) in [5, 5.41) is 17.5. The maximum absolute atomic E-state index is 13.3. The lowest BCUT2D eigenvalue weighted by Gasteiger charge is -2.34. The van der Waals surface area contributed by atoms with Crippen LogP contribution < -0.4 is 10.6 Å². The Morgan fingerprint density at radius 2 is 1.76 bits per heavy atom. The molecular weight excluding hydrogens is 430 g/mol. The lowest BCUT2D eigenvalue weighted by atomic mass is 9.89. The Kier molecular flexibility index (Phi) is 13.0. The first kappa shape index (κ1) is 27.2. The molecule has 1 aliphatic rings. The Bertz CT molecular complexity index is 717. The van der Waals surface area contributed by atoms with Gasteiger partial charge in [0.05, 0.1) is 30.8 Å². The van der Waals surface area contributed by atoms with Gasteiger partial charge in [-0.1, -0.05) is 39.8 Å². The van der Waals surface area contributed by atoms with E-state index in [1.807, 2.05) is 38.8 Å². The Morgan fingerprint density at radius 1 is 1.06 bits per heavy atom. The monoisotopic (exact) mass is 481 g/mol. The van der Waals surface area contributed by atoms with Gasteiger partial charge in [-0.3, -0.25) is 19.3 Å². The van der Waals surface area contributed by atoms with Crippen LogP contribution in [0.4, 0.5) is 0 Å². The first-order valence-corrected chi connectivity index (χ1v) is 12.9. The fourth-order valence-corrected chi connectivity index (χ4v) is 4.44. The minimum atomic E-state index is -0.906. The van der Waals surface area contributed by atoms with Crippen molar-refractivity contribution in [1.82, 2.24) is 15.5 Å². The third-order valence-corrected chi connectivity index (χ3v) is 6.75.